The maximum atomic E-state index is 13.2. The lowest BCUT2D eigenvalue weighted by molar-refractivity contribution is 0.241. The molecule has 1 fully saturated rings. The Morgan fingerprint density at radius 1 is 1.12 bits per heavy atom. The predicted molar refractivity (Wildman–Crippen MR) is 127 cm³/mol. The van der Waals surface area contributed by atoms with Gasteiger partial charge in [-0.05, 0) is 67.6 Å². The quantitative estimate of drug-likeness (QED) is 0.723. The second-order valence-corrected chi connectivity index (χ2v) is 10.5. The number of benzene rings is 2. The van der Waals surface area contributed by atoms with Crippen LogP contribution in [0.15, 0.2) is 52.4 Å². The van der Waals surface area contributed by atoms with Crippen LogP contribution in [-0.4, -0.2) is 57.4 Å². The van der Waals surface area contributed by atoms with Crippen molar-refractivity contribution in [3.63, 3.8) is 0 Å². The zero-order valence-electron chi connectivity index (χ0n) is 19.0. The fraction of sp³-hybridized carbons (Fsp3) is 0.458. The number of methoxy groups -OCH3 is 1. The number of hydrogen-bond donors (Lipinski definition) is 2. The fourth-order valence-corrected chi connectivity index (χ4v) is 5.96. The minimum absolute atomic E-state index is 0.313. The molecule has 7 nitrogen and oxygen atoms in total. The molecule has 2 aromatic carbocycles. The largest absolute Gasteiger partial charge is 0.497 e. The van der Waals surface area contributed by atoms with Crippen LogP contribution in [0, 0.1) is 13.8 Å². The summed E-state index contributed by atoms with van der Waals surface area (Å²) in [5.41, 5.74) is 2.88. The third-order valence-electron chi connectivity index (χ3n) is 6.58. The van der Waals surface area contributed by atoms with Crippen LogP contribution < -0.4 is 15.4 Å². The molecule has 4 rings (SSSR count). The van der Waals surface area contributed by atoms with Crippen LogP contribution in [0.5, 0.6) is 5.75 Å². The van der Waals surface area contributed by atoms with E-state index >= 15 is 0 Å². The summed E-state index contributed by atoms with van der Waals surface area (Å²) in [6, 6.07) is 13.3. The van der Waals surface area contributed by atoms with Crippen LogP contribution in [-0.2, 0) is 16.6 Å². The number of aliphatic imine (C=N–C) groups is 1. The first-order chi connectivity index (χ1) is 15.3. The van der Waals surface area contributed by atoms with Gasteiger partial charge < -0.3 is 15.4 Å². The van der Waals surface area contributed by atoms with E-state index in [2.05, 4.69) is 16.7 Å². The van der Waals surface area contributed by atoms with Crippen molar-refractivity contribution in [2.75, 3.05) is 33.3 Å². The van der Waals surface area contributed by atoms with E-state index in [1.165, 1.54) is 0 Å². The predicted octanol–water partition coefficient (Wildman–Crippen LogP) is 2.63. The summed E-state index contributed by atoms with van der Waals surface area (Å²) < 4.78 is 33.4. The van der Waals surface area contributed by atoms with Crippen LogP contribution in [0.4, 0.5) is 0 Å². The number of rotatable bonds is 5. The van der Waals surface area contributed by atoms with E-state index in [0.717, 1.165) is 34.8 Å². The lowest BCUT2D eigenvalue weighted by atomic mass is 9.85. The second kappa shape index (κ2) is 9.21. The Labute approximate surface area is 190 Å². The van der Waals surface area contributed by atoms with E-state index in [1.807, 2.05) is 38.1 Å². The molecule has 1 spiro atoms. The van der Waals surface area contributed by atoms with E-state index in [-0.39, 0.29) is 5.54 Å². The molecule has 0 saturated carbocycles. The molecule has 0 atom stereocenters. The van der Waals surface area contributed by atoms with Crippen molar-refractivity contribution in [3.05, 3.63) is 59.2 Å². The summed E-state index contributed by atoms with van der Waals surface area (Å²) in [6.07, 6.45) is 1.36. The summed E-state index contributed by atoms with van der Waals surface area (Å²) in [7, 11) is -1.84. The minimum Gasteiger partial charge on any atom is -0.497 e. The number of aryl methyl sites for hydroxylation is 2. The molecule has 1 saturated heterocycles. The number of nitrogens with one attached hydrogen (secondary N) is 2. The van der Waals surface area contributed by atoms with Gasteiger partial charge in [-0.2, -0.15) is 4.31 Å². The molecule has 0 amide bonds. The van der Waals surface area contributed by atoms with Crippen LogP contribution >= 0.6 is 0 Å². The topological polar surface area (TPSA) is 83.0 Å². The second-order valence-electron chi connectivity index (χ2n) is 8.59. The highest BCUT2D eigenvalue weighted by Crippen LogP contribution is 2.29. The lowest BCUT2D eigenvalue weighted by Crippen LogP contribution is -2.64. The van der Waals surface area contributed by atoms with Crippen LogP contribution in [0.25, 0.3) is 0 Å². The van der Waals surface area contributed by atoms with E-state index in [4.69, 9.17) is 9.73 Å². The number of sulfonamides is 1. The Balaban J connectivity index is 1.46. The van der Waals surface area contributed by atoms with Crippen molar-refractivity contribution < 1.29 is 13.2 Å². The van der Waals surface area contributed by atoms with Crippen LogP contribution in [0.3, 0.4) is 0 Å². The van der Waals surface area contributed by atoms with E-state index < -0.39 is 10.0 Å². The fourth-order valence-electron chi connectivity index (χ4n) is 4.44. The van der Waals surface area contributed by atoms with Gasteiger partial charge in [-0.15, -0.1) is 0 Å². The zero-order valence-corrected chi connectivity index (χ0v) is 19.8. The molecule has 2 aliphatic heterocycles. The van der Waals surface area contributed by atoms with Gasteiger partial charge in [0.25, 0.3) is 0 Å². The standard InChI is InChI=1S/C24H32N4O3S/c1-18-7-8-22(15-19(18)2)32(29,30)28-13-9-24(10-14-28)23(25-11-12-27-24)26-17-20-5-4-6-21(16-20)31-3/h4-8,15-16,27H,9-14,17H2,1-3H3,(H,25,26). The van der Waals surface area contributed by atoms with Crippen molar-refractivity contribution in [3.8, 4) is 5.75 Å². The normalized spacial score (nSPS) is 18.9. The molecule has 2 aromatic rings. The average molecular weight is 457 g/mol. The van der Waals surface area contributed by atoms with Gasteiger partial charge in [0, 0.05) is 26.2 Å². The molecule has 0 aliphatic carbocycles. The summed E-state index contributed by atoms with van der Waals surface area (Å²) in [6.45, 7) is 7.02. The Bertz CT molecular complexity index is 1110. The smallest absolute Gasteiger partial charge is 0.243 e. The van der Waals surface area contributed by atoms with Gasteiger partial charge in [-0.3, -0.25) is 4.99 Å². The van der Waals surface area contributed by atoms with Crippen molar-refractivity contribution in [2.24, 2.45) is 4.99 Å². The number of amidine groups is 1. The minimum atomic E-state index is -3.51. The Hall–Kier alpha value is -2.42. The highest BCUT2D eigenvalue weighted by atomic mass is 32.2. The van der Waals surface area contributed by atoms with E-state index in [9.17, 15) is 8.42 Å². The summed E-state index contributed by atoms with van der Waals surface area (Å²) in [4.78, 5) is 5.15. The van der Waals surface area contributed by atoms with Crippen molar-refractivity contribution in [1.29, 1.82) is 0 Å². The highest BCUT2D eigenvalue weighted by molar-refractivity contribution is 7.89. The SMILES string of the molecule is COc1cccc(CNC2=NCCNC23CCN(S(=O)(=O)c2ccc(C)c(C)c2)CC3)c1. The van der Waals surface area contributed by atoms with E-state index in [0.29, 0.717) is 43.9 Å². The Morgan fingerprint density at radius 2 is 1.91 bits per heavy atom. The van der Waals surface area contributed by atoms with Crippen LogP contribution in [0.2, 0.25) is 0 Å². The molecule has 2 heterocycles. The monoisotopic (exact) mass is 456 g/mol. The van der Waals surface area contributed by atoms with Crippen LogP contribution in [0.1, 0.15) is 29.5 Å². The first-order valence-corrected chi connectivity index (χ1v) is 12.5. The van der Waals surface area contributed by atoms with Gasteiger partial charge in [0.1, 0.15) is 11.6 Å². The Kier molecular flexibility index (Phi) is 6.55. The molecule has 172 valence electrons. The Morgan fingerprint density at radius 3 is 2.62 bits per heavy atom. The first kappa shape index (κ1) is 22.8. The van der Waals surface area contributed by atoms with Gasteiger partial charge >= 0.3 is 0 Å². The van der Waals surface area contributed by atoms with Gasteiger partial charge in [-0.1, -0.05) is 18.2 Å². The third kappa shape index (κ3) is 4.53. The highest BCUT2D eigenvalue weighted by Gasteiger charge is 2.43. The third-order valence-corrected chi connectivity index (χ3v) is 8.48. The molecule has 0 bridgehead atoms. The molecule has 2 aliphatic rings. The van der Waals surface area contributed by atoms with Crippen molar-refractivity contribution in [1.82, 2.24) is 14.9 Å². The van der Waals surface area contributed by atoms with Gasteiger partial charge in [-0.25, -0.2) is 8.42 Å². The molecular formula is C24H32N4O3S. The average Bonchev–Trinajstić information content (AvgIpc) is 2.81. The summed E-state index contributed by atoms with van der Waals surface area (Å²) in [5.74, 6) is 1.75. The molecule has 32 heavy (non-hydrogen) atoms. The van der Waals surface area contributed by atoms with Gasteiger partial charge in [0.15, 0.2) is 0 Å². The number of piperidine rings is 1. The summed E-state index contributed by atoms with van der Waals surface area (Å²) >= 11 is 0. The van der Waals surface area contributed by atoms with Crippen molar-refractivity contribution >= 4 is 15.9 Å². The van der Waals surface area contributed by atoms with Gasteiger partial charge in [0.05, 0.1) is 24.1 Å². The number of nitrogens with zero attached hydrogens (tertiary/aromatic N) is 2. The van der Waals surface area contributed by atoms with Crippen molar-refractivity contribution in [2.45, 2.75) is 43.7 Å². The molecule has 0 radical (unpaired) electrons. The number of hydrogen-bond acceptors (Lipinski definition) is 6. The van der Waals surface area contributed by atoms with Gasteiger partial charge in [0.2, 0.25) is 10.0 Å². The lowest BCUT2D eigenvalue weighted by Gasteiger charge is -2.44. The maximum absolute atomic E-state index is 13.2. The molecule has 0 aromatic heterocycles. The van der Waals surface area contributed by atoms with E-state index in [1.54, 1.807) is 23.5 Å². The molecule has 2 N–H and O–H groups in total. The molecule has 0 unspecified atom stereocenters. The first-order valence-electron chi connectivity index (χ1n) is 11.1. The molecule has 8 heteroatoms. The molecular weight excluding hydrogens is 424 g/mol. The summed E-state index contributed by atoms with van der Waals surface area (Å²) in [5, 5.41) is 7.14. The number of ether oxygens (including phenoxy) is 1. The zero-order chi connectivity index (χ0) is 22.8. The maximum Gasteiger partial charge on any atom is 0.243 e.